The highest BCUT2D eigenvalue weighted by Gasteiger charge is 2.24. The Balaban J connectivity index is 0.985. The van der Waals surface area contributed by atoms with Crippen molar-refractivity contribution in [1.29, 1.82) is 0 Å². The quantitative estimate of drug-likeness (QED) is 0.0450. The van der Waals surface area contributed by atoms with Crippen molar-refractivity contribution in [2.75, 3.05) is 7.11 Å². The molecule has 370 valence electrons. The van der Waals surface area contributed by atoms with Gasteiger partial charge in [-0.1, -0.05) is 182 Å². The second kappa shape index (κ2) is 25.1. The fraction of sp³-hybridized carbons (Fsp3) is 0.111. The average molecular weight is 985 g/mol. The van der Waals surface area contributed by atoms with E-state index in [1.165, 1.54) is 25.3 Å². The van der Waals surface area contributed by atoms with Gasteiger partial charge in [-0.2, -0.15) is 0 Å². The molecule has 0 spiro atoms. The van der Waals surface area contributed by atoms with Gasteiger partial charge in [0.15, 0.2) is 34.5 Å². The molecule has 9 aromatic carbocycles. The van der Waals surface area contributed by atoms with Gasteiger partial charge in [0.2, 0.25) is 11.5 Å². The number of rotatable bonds is 23. The third kappa shape index (κ3) is 13.7. The monoisotopic (exact) mass is 984 g/mol. The molecule has 0 saturated heterocycles. The summed E-state index contributed by atoms with van der Waals surface area (Å²) in [6, 6.07) is 68.8. The maximum absolute atomic E-state index is 14.2. The van der Waals surface area contributed by atoms with Gasteiger partial charge in [0.05, 0.1) is 18.2 Å². The lowest BCUT2D eigenvalue weighted by Crippen LogP contribution is -2.12. The largest absolute Gasteiger partial charge is 0.493 e. The summed E-state index contributed by atoms with van der Waals surface area (Å²) >= 11 is 0. The van der Waals surface area contributed by atoms with Crippen LogP contribution in [0.5, 0.6) is 51.7 Å². The second-order valence-electron chi connectivity index (χ2n) is 16.8. The Kier molecular flexibility index (Phi) is 16.8. The van der Waals surface area contributed by atoms with Crippen LogP contribution in [0.4, 0.5) is 0 Å². The summed E-state index contributed by atoms with van der Waals surface area (Å²) in [5.41, 5.74) is 5.74. The van der Waals surface area contributed by atoms with Crippen molar-refractivity contribution in [3.05, 3.63) is 269 Å². The van der Waals surface area contributed by atoms with Crippen LogP contribution in [0.15, 0.2) is 224 Å². The van der Waals surface area contributed by atoms with E-state index in [2.05, 4.69) is 0 Å². The van der Waals surface area contributed by atoms with Gasteiger partial charge in [0, 0.05) is 6.07 Å². The zero-order valence-corrected chi connectivity index (χ0v) is 40.6. The predicted octanol–water partition coefficient (Wildman–Crippen LogP) is 13.6. The zero-order chi connectivity index (χ0) is 50.7. The first-order chi connectivity index (χ1) is 36.4. The van der Waals surface area contributed by atoms with Crippen LogP contribution in [0.25, 0.3) is 0 Å². The standard InChI is InChI=1S/C63H52O11/c1-66-55-38-53(73-62(64)51-34-56(67-39-45-20-8-2-9-21-45)60(71-43-49-28-16-6-17-29-49)57(35-51)68-40-46-22-10-3-11-23-46)32-33-54(55)74-63(65)52-36-58(69-41-47-24-12-4-13-25-47)61(72-44-50-30-18-7-19-31-50)59(37-52)70-42-48-26-14-5-15-27-48/h2-38H,39-44H2,1H3. The van der Waals surface area contributed by atoms with Gasteiger partial charge < -0.3 is 42.6 Å². The van der Waals surface area contributed by atoms with Crippen LogP contribution < -0.4 is 42.6 Å². The number of carbonyl (C=O) groups is 2. The number of hydrogen-bond donors (Lipinski definition) is 0. The van der Waals surface area contributed by atoms with Crippen LogP contribution in [0, 0.1) is 0 Å². The Morgan fingerprint density at radius 1 is 0.297 bits per heavy atom. The third-order valence-corrected chi connectivity index (χ3v) is 11.5. The first-order valence-corrected chi connectivity index (χ1v) is 23.9. The van der Waals surface area contributed by atoms with E-state index in [0.717, 1.165) is 33.4 Å². The van der Waals surface area contributed by atoms with E-state index in [9.17, 15) is 9.59 Å². The normalized spacial score (nSPS) is 10.7. The SMILES string of the molecule is COc1cc(OC(=O)c2cc(OCc3ccccc3)c(OCc3ccccc3)c(OCc3ccccc3)c2)ccc1OC(=O)c1cc(OCc2ccccc2)c(OCc2ccccc2)c(OCc2ccccc2)c1. The van der Waals surface area contributed by atoms with Crippen molar-refractivity contribution in [3.8, 4) is 51.7 Å². The maximum atomic E-state index is 14.2. The smallest absolute Gasteiger partial charge is 0.343 e. The highest BCUT2D eigenvalue weighted by Crippen LogP contribution is 2.43. The minimum absolute atomic E-state index is 0.0633. The molecule has 0 heterocycles. The van der Waals surface area contributed by atoms with E-state index in [0.29, 0.717) is 11.5 Å². The first-order valence-electron chi connectivity index (χ1n) is 23.9. The lowest BCUT2D eigenvalue weighted by atomic mass is 10.1. The number of esters is 2. The van der Waals surface area contributed by atoms with Gasteiger partial charge >= 0.3 is 11.9 Å². The molecule has 9 rings (SSSR count). The Morgan fingerprint density at radius 2 is 0.581 bits per heavy atom. The second-order valence-corrected chi connectivity index (χ2v) is 16.8. The molecule has 0 N–H and O–H groups in total. The summed E-state index contributed by atoms with van der Waals surface area (Å²) in [6.45, 7) is 1.17. The van der Waals surface area contributed by atoms with Crippen molar-refractivity contribution in [1.82, 2.24) is 0 Å². The van der Waals surface area contributed by atoms with E-state index in [1.54, 1.807) is 24.3 Å². The topological polar surface area (TPSA) is 117 Å². The highest BCUT2D eigenvalue weighted by molar-refractivity contribution is 5.94. The molecule has 0 atom stereocenters. The Labute approximate surface area is 430 Å². The summed E-state index contributed by atoms with van der Waals surface area (Å²) in [5, 5.41) is 0. The van der Waals surface area contributed by atoms with Crippen molar-refractivity contribution in [3.63, 3.8) is 0 Å². The van der Waals surface area contributed by atoms with Crippen molar-refractivity contribution in [2.24, 2.45) is 0 Å². The minimum atomic E-state index is -0.739. The molecular formula is C63H52O11. The maximum Gasteiger partial charge on any atom is 0.343 e. The molecule has 11 nitrogen and oxygen atoms in total. The average Bonchev–Trinajstić information content (AvgIpc) is 3.46. The fourth-order valence-electron chi connectivity index (χ4n) is 7.62. The first kappa shape index (κ1) is 49.5. The van der Waals surface area contributed by atoms with Gasteiger partial charge in [-0.25, -0.2) is 9.59 Å². The molecule has 0 radical (unpaired) electrons. The molecule has 0 aliphatic carbocycles. The van der Waals surface area contributed by atoms with Crippen LogP contribution in [-0.2, 0) is 39.6 Å². The molecule has 74 heavy (non-hydrogen) atoms. The van der Waals surface area contributed by atoms with Gasteiger partial charge in [-0.15, -0.1) is 0 Å². The van der Waals surface area contributed by atoms with Gasteiger partial charge in [-0.05, 0) is 69.8 Å². The molecule has 0 aliphatic heterocycles. The summed E-state index contributed by atoms with van der Waals surface area (Å²) in [6.07, 6.45) is 0. The zero-order valence-electron chi connectivity index (χ0n) is 40.6. The van der Waals surface area contributed by atoms with Crippen LogP contribution in [-0.4, -0.2) is 19.0 Å². The Bertz CT molecular complexity index is 3100. The number of methoxy groups -OCH3 is 1. The summed E-state index contributed by atoms with van der Waals surface area (Å²) < 4.78 is 56.0. The summed E-state index contributed by atoms with van der Waals surface area (Å²) in [7, 11) is 1.42. The Hall–Kier alpha value is -9.48. The van der Waals surface area contributed by atoms with E-state index in [-0.39, 0.29) is 91.0 Å². The molecular weight excluding hydrogens is 933 g/mol. The van der Waals surface area contributed by atoms with E-state index >= 15 is 0 Å². The molecule has 11 heteroatoms. The van der Waals surface area contributed by atoms with Crippen molar-refractivity contribution in [2.45, 2.75) is 39.6 Å². The molecule has 0 unspecified atom stereocenters. The highest BCUT2D eigenvalue weighted by atomic mass is 16.6. The van der Waals surface area contributed by atoms with Gasteiger partial charge in [-0.3, -0.25) is 0 Å². The molecule has 0 bridgehead atoms. The molecule has 0 amide bonds. The minimum Gasteiger partial charge on any atom is -0.493 e. The lowest BCUT2D eigenvalue weighted by Gasteiger charge is -2.19. The lowest BCUT2D eigenvalue weighted by molar-refractivity contribution is 0.0714. The van der Waals surface area contributed by atoms with Gasteiger partial charge in [0.1, 0.15) is 45.4 Å². The number of hydrogen-bond acceptors (Lipinski definition) is 11. The van der Waals surface area contributed by atoms with E-state index in [4.69, 9.17) is 42.6 Å². The molecule has 0 aliphatic rings. The number of ether oxygens (including phenoxy) is 9. The number of carbonyl (C=O) groups excluding carboxylic acids is 2. The van der Waals surface area contributed by atoms with Gasteiger partial charge in [0.25, 0.3) is 0 Å². The van der Waals surface area contributed by atoms with Crippen molar-refractivity contribution < 1.29 is 52.2 Å². The van der Waals surface area contributed by atoms with Crippen LogP contribution in [0.2, 0.25) is 0 Å². The van der Waals surface area contributed by atoms with Crippen LogP contribution in [0.1, 0.15) is 54.1 Å². The van der Waals surface area contributed by atoms with Crippen LogP contribution in [0.3, 0.4) is 0 Å². The summed E-state index contributed by atoms with van der Waals surface area (Å²) in [4.78, 5) is 28.4. The van der Waals surface area contributed by atoms with E-state index in [1.807, 2.05) is 182 Å². The number of benzene rings is 9. The van der Waals surface area contributed by atoms with Crippen molar-refractivity contribution >= 4 is 11.9 Å². The fourth-order valence-corrected chi connectivity index (χ4v) is 7.62. The summed E-state index contributed by atoms with van der Waals surface area (Å²) in [5.74, 6) is 0.583. The van der Waals surface area contributed by atoms with Crippen LogP contribution >= 0.6 is 0 Å². The molecule has 0 aromatic heterocycles. The molecule has 9 aromatic rings. The molecule has 0 saturated carbocycles. The predicted molar refractivity (Wildman–Crippen MR) is 280 cm³/mol. The Morgan fingerprint density at radius 3 is 0.878 bits per heavy atom. The molecule has 0 fully saturated rings. The third-order valence-electron chi connectivity index (χ3n) is 11.5. The van der Waals surface area contributed by atoms with E-state index < -0.39 is 11.9 Å².